The number of furan rings is 1. The Balaban J connectivity index is 1.61. The van der Waals surface area contributed by atoms with Crippen molar-refractivity contribution >= 4 is 23.2 Å². The van der Waals surface area contributed by atoms with Gasteiger partial charge in [0.1, 0.15) is 5.75 Å². The maximum absolute atomic E-state index is 12.0. The summed E-state index contributed by atoms with van der Waals surface area (Å²) in [4.78, 5) is 12.0. The van der Waals surface area contributed by atoms with E-state index in [1.807, 2.05) is 24.3 Å². The van der Waals surface area contributed by atoms with E-state index in [2.05, 4.69) is 5.32 Å². The maximum atomic E-state index is 12.0. The second-order valence-electron chi connectivity index (χ2n) is 5.11. The topological polar surface area (TPSA) is 51.5 Å². The zero-order valence-corrected chi connectivity index (χ0v) is 12.2. The number of benzene rings is 1. The van der Waals surface area contributed by atoms with Crippen LogP contribution in [0, 0.1) is 0 Å². The number of hydrogen-bond donors (Lipinski definition) is 1. The van der Waals surface area contributed by atoms with E-state index in [0.717, 1.165) is 18.6 Å². The number of carbonyl (C=O) groups is 1. The first-order valence-electron chi connectivity index (χ1n) is 7.03. The summed E-state index contributed by atoms with van der Waals surface area (Å²) in [6.45, 7) is 0. The molecule has 0 unspecified atom stereocenters. The number of amides is 1. The van der Waals surface area contributed by atoms with Gasteiger partial charge >= 0.3 is 0 Å². The lowest BCUT2D eigenvalue weighted by atomic mass is 10.2. The molecule has 110 valence electrons. The Bertz CT molecular complexity index is 615. The van der Waals surface area contributed by atoms with E-state index in [4.69, 9.17) is 20.8 Å². The third kappa shape index (κ3) is 3.39. The molecule has 4 nitrogen and oxygen atoms in total. The maximum Gasteiger partial charge on any atom is 0.260 e. The van der Waals surface area contributed by atoms with Crippen LogP contribution in [-0.2, 0) is 0 Å². The molecule has 1 N–H and O–H groups in total. The molecule has 0 saturated heterocycles. The second-order valence-corrected chi connectivity index (χ2v) is 5.45. The first kappa shape index (κ1) is 14.0. The quantitative estimate of drug-likeness (QED) is 0.904. The molecule has 0 atom stereocenters. The first-order valence-corrected chi connectivity index (χ1v) is 7.41. The minimum atomic E-state index is -0.293. The predicted molar refractivity (Wildman–Crippen MR) is 81.0 cm³/mol. The van der Waals surface area contributed by atoms with Crippen molar-refractivity contribution in [1.29, 1.82) is 0 Å². The average Bonchev–Trinajstić information content (AvgIpc) is 3.12. The summed E-state index contributed by atoms with van der Waals surface area (Å²) >= 11 is 5.77. The summed E-state index contributed by atoms with van der Waals surface area (Å²) in [5, 5.41) is 2.86. The van der Waals surface area contributed by atoms with Gasteiger partial charge in [-0.15, -0.1) is 0 Å². The van der Waals surface area contributed by atoms with Gasteiger partial charge in [0, 0.05) is 5.69 Å². The smallest absolute Gasteiger partial charge is 0.260 e. The molecule has 1 heterocycles. The lowest BCUT2D eigenvalue weighted by Gasteiger charge is -2.13. The molecule has 1 fully saturated rings. The van der Waals surface area contributed by atoms with Gasteiger partial charge in [0.15, 0.2) is 0 Å². The highest BCUT2D eigenvalue weighted by Gasteiger charge is 2.16. The van der Waals surface area contributed by atoms with Gasteiger partial charge in [-0.25, -0.2) is 0 Å². The highest BCUT2D eigenvalue weighted by molar-refractivity contribution is 6.32. The van der Waals surface area contributed by atoms with Gasteiger partial charge in [-0.2, -0.15) is 0 Å². The summed E-state index contributed by atoms with van der Waals surface area (Å²) in [5.41, 5.74) is 1.01. The van der Waals surface area contributed by atoms with E-state index >= 15 is 0 Å². The molecule has 0 radical (unpaired) electrons. The minimum Gasteiger partial charge on any atom is -0.490 e. The summed E-state index contributed by atoms with van der Waals surface area (Å²) < 4.78 is 10.8. The normalized spacial score (nSPS) is 15.1. The number of ether oxygens (including phenoxy) is 1. The van der Waals surface area contributed by atoms with Gasteiger partial charge < -0.3 is 14.5 Å². The summed E-state index contributed by atoms with van der Waals surface area (Å²) in [6.07, 6.45) is 6.44. The van der Waals surface area contributed by atoms with Crippen molar-refractivity contribution in [2.45, 2.75) is 31.8 Å². The van der Waals surface area contributed by atoms with Crippen molar-refractivity contribution in [2.24, 2.45) is 0 Å². The van der Waals surface area contributed by atoms with Crippen molar-refractivity contribution in [2.75, 3.05) is 5.32 Å². The van der Waals surface area contributed by atoms with Crippen LogP contribution in [0.2, 0.25) is 5.22 Å². The van der Waals surface area contributed by atoms with Crippen LogP contribution in [0.3, 0.4) is 0 Å². The number of rotatable bonds is 4. The molecule has 0 spiro atoms. The van der Waals surface area contributed by atoms with Gasteiger partial charge in [0.25, 0.3) is 5.91 Å². The lowest BCUT2D eigenvalue weighted by Crippen LogP contribution is -2.12. The second kappa shape index (κ2) is 6.22. The molecule has 1 aromatic carbocycles. The fourth-order valence-corrected chi connectivity index (χ4v) is 2.67. The van der Waals surface area contributed by atoms with Crippen LogP contribution in [-0.4, -0.2) is 12.0 Å². The van der Waals surface area contributed by atoms with Crippen LogP contribution in [0.4, 0.5) is 5.69 Å². The van der Waals surface area contributed by atoms with E-state index < -0.39 is 0 Å². The Morgan fingerprint density at radius 3 is 2.52 bits per heavy atom. The number of hydrogen-bond acceptors (Lipinski definition) is 3. The van der Waals surface area contributed by atoms with E-state index in [1.54, 1.807) is 0 Å². The van der Waals surface area contributed by atoms with E-state index in [-0.39, 0.29) is 11.1 Å². The molecule has 0 aliphatic heterocycles. The number of anilines is 1. The van der Waals surface area contributed by atoms with Gasteiger partial charge in [0.05, 0.1) is 17.9 Å². The molecular weight excluding hydrogens is 290 g/mol. The molecule has 0 bridgehead atoms. The van der Waals surface area contributed by atoms with Crippen LogP contribution >= 0.6 is 11.6 Å². The fraction of sp³-hybridized carbons (Fsp3) is 0.312. The zero-order chi connectivity index (χ0) is 14.7. The summed E-state index contributed by atoms with van der Waals surface area (Å²) in [7, 11) is 0. The van der Waals surface area contributed by atoms with Gasteiger partial charge in [-0.1, -0.05) is 0 Å². The van der Waals surface area contributed by atoms with Crippen molar-refractivity contribution < 1.29 is 13.9 Å². The third-order valence-corrected chi connectivity index (χ3v) is 3.87. The standard InChI is InChI=1S/C16H16ClNO3/c17-15-14(9-10-20-15)16(19)18-11-5-7-13(8-6-11)21-12-3-1-2-4-12/h5-10,12H,1-4H2,(H,18,19). The Labute approximate surface area is 128 Å². The van der Waals surface area contributed by atoms with Gasteiger partial charge in [-0.3, -0.25) is 4.79 Å². The van der Waals surface area contributed by atoms with E-state index in [0.29, 0.717) is 17.4 Å². The van der Waals surface area contributed by atoms with Crippen LogP contribution in [0.25, 0.3) is 0 Å². The Hall–Kier alpha value is -1.94. The van der Waals surface area contributed by atoms with Crippen molar-refractivity contribution in [3.63, 3.8) is 0 Å². The fourth-order valence-electron chi connectivity index (χ4n) is 2.47. The lowest BCUT2D eigenvalue weighted by molar-refractivity contribution is 0.102. The summed E-state index contributed by atoms with van der Waals surface area (Å²) in [6, 6.07) is 8.90. The Morgan fingerprint density at radius 1 is 1.19 bits per heavy atom. The minimum absolute atomic E-state index is 0.0914. The molecule has 1 amide bonds. The van der Waals surface area contributed by atoms with E-state index in [1.165, 1.54) is 25.2 Å². The number of nitrogens with one attached hydrogen (secondary N) is 1. The van der Waals surface area contributed by atoms with Crippen molar-refractivity contribution in [3.8, 4) is 5.75 Å². The monoisotopic (exact) mass is 305 g/mol. The Morgan fingerprint density at radius 2 is 1.90 bits per heavy atom. The largest absolute Gasteiger partial charge is 0.490 e. The highest BCUT2D eigenvalue weighted by Crippen LogP contribution is 2.25. The van der Waals surface area contributed by atoms with Gasteiger partial charge in [-0.05, 0) is 67.6 Å². The van der Waals surface area contributed by atoms with Crippen LogP contribution < -0.4 is 10.1 Å². The van der Waals surface area contributed by atoms with Gasteiger partial charge in [0.2, 0.25) is 5.22 Å². The van der Waals surface area contributed by atoms with Crippen molar-refractivity contribution in [1.82, 2.24) is 0 Å². The third-order valence-electron chi connectivity index (χ3n) is 3.58. The highest BCUT2D eigenvalue weighted by atomic mass is 35.5. The molecule has 1 aromatic heterocycles. The SMILES string of the molecule is O=C(Nc1ccc(OC2CCCC2)cc1)c1ccoc1Cl. The molecule has 1 aliphatic carbocycles. The molecule has 1 saturated carbocycles. The van der Waals surface area contributed by atoms with Crippen LogP contribution in [0.1, 0.15) is 36.0 Å². The summed E-state index contributed by atoms with van der Waals surface area (Å²) in [5.74, 6) is 0.541. The molecule has 5 heteroatoms. The number of halogens is 1. The number of carbonyl (C=O) groups excluding carboxylic acids is 1. The molecule has 3 rings (SSSR count). The molecule has 1 aliphatic rings. The first-order chi connectivity index (χ1) is 10.2. The molecule has 21 heavy (non-hydrogen) atoms. The van der Waals surface area contributed by atoms with Crippen LogP contribution in [0.5, 0.6) is 5.75 Å². The average molecular weight is 306 g/mol. The molecular formula is C16H16ClNO3. The van der Waals surface area contributed by atoms with Crippen molar-refractivity contribution in [3.05, 3.63) is 47.4 Å². The van der Waals surface area contributed by atoms with Crippen LogP contribution in [0.15, 0.2) is 41.0 Å². The Kier molecular flexibility index (Phi) is 4.15. The zero-order valence-electron chi connectivity index (χ0n) is 11.5. The predicted octanol–water partition coefficient (Wildman–Crippen LogP) is 4.51. The molecule has 2 aromatic rings. The van der Waals surface area contributed by atoms with E-state index in [9.17, 15) is 4.79 Å².